The summed E-state index contributed by atoms with van der Waals surface area (Å²) in [5, 5.41) is 0.772. The number of hydrogen-bond acceptors (Lipinski definition) is 3. The van der Waals surface area contributed by atoms with E-state index >= 15 is 0 Å². The van der Waals surface area contributed by atoms with Crippen molar-refractivity contribution in [2.75, 3.05) is 7.11 Å². The van der Waals surface area contributed by atoms with E-state index in [-0.39, 0.29) is 10.7 Å². The normalized spacial score (nSPS) is 10.9. The molecule has 2 aromatic carbocycles. The fourth-order valence-electron chi connectivity index (χ4n) is 2.27. The Hall–Kier alpha value is -2.20. The monoisotopic (exact) mass is 302 g/mol. The maximum Gasteiger partial charge on any atom is 0.165 e. The highest BCUT2D eigenvalue weighted by atomic mass is 35.5. The number of para-hydroxylation sites is 1. The van der Waals surface area contributed by atoms with Crippen LogP contribution >= 0.6 is 11.6 Å². The first-order chi connectivity index (χ1) is 10.1. The second kappa shape index (κ2) is 5.30. The Morgan fingerprint density at radius 1 is 1.10 bits per heavy atom. The summed E-state index contributed by atoms with van der Waals surface area (Å²) in [6, 6.07) is 10.3. The lowest BCUT2D eigenvalue weighted by Crippen LogP contribution is -1.97. The number of fused-ring (bicyclic) bond motifs is 1. The predicted octanol–water partition coefficient (Wildman–Crippen LogP) is 4.41. The number of aromatic nitrogens is 2. The summed E-state index contributed by atoms with van der Waals surface area (Å²) in [5.41, 5.74) is 1.73. The zero-order chi connectivity index (χ0) is 15.0. The molecule has 0 fully saturated rings. The number of nitrogens with zero attached hydrogens (tertiary/aromatic N) is 2. The van der Waals surface area contributed by atoms with Gasteiger partial charge in [0, 0.05) is 5.39 Å². The molecule has 0 N–H and O–H groups in total. The van der Waals surface area contributed by atoms with Crippen LogP contribution in [0.2, 0.25) is 5.15 Å². The standard InChI is InChI=1S/C16H12ClFN2O/c1-9-7-8-11(18)14-13(9)15(17)20-16(19-14)10-5-3-4-6-12(10)21-2/h3-8H,1-2H3. The molecule has 0 atom stereocenters. The first-order valence-corrected chi connectivity index (χ1v) is 6.75. The van der Waals surface area contributed by atoms with Crippen LogP contribution in [0.15, 0.2) is 36.4 Å². The molecule has 0 spiro atoms. The van der Waals surface area contributed by atoms with Crippen molar-refractivity contribution in [3.63, 3.8) is 0 Å². The quantitative estimate of drug-likeness (QED) is 0.658. The van der Waals surface area contributed by atoms with Crippen LogP contribution in [0.3, 0.4) is 0 Å². The van der Waals surface area contributed by atoms with Gasteiger partial charge in [-0.1, -0.05) is 29.8 Å². The van der Waals surface area contributed by atoms with Crippen molar-refractivity contribution in [2.24, 2.45) is 0 Å². The maximum absolute atomic E-state index is 14.0. The third kappa shape index (κ3) is 2.32. The molecule has 106 valence electrons. The van der Waals surface area contributed by atoms with Crippen molar-refractivity contribution in [1.82, 2.24) is 9.97 Å². The Labute approximate surface area is 126 Å². The van der Waals surface area contributed by atoms with Gasteiger partial charge in [0.15, 0.2) is 5.82 Å². The van der Waals surface area contributed by atoms with Crippen LogP contribution in [0.25, 0.3) is 22.3 Å². The van der Waals surface area contributed by atoms with Gasteiger partial charge < -0.3 is 4.74 Å². The highest BCUT2D eigenvalue weighted by Crippen LogP contribution is 2.32. The number of hydrogen-bond donors (Lipinski definition) is 0. The van der Waals surface area contributed by atoms with Gasteiger partial charge in [-0.2, -0.15) is 0 Å². The highest BCUT2D eigenvalue weighted by molar-refractivity contribution is 6.34. The molecule has 0 unspecified atom stereocenters. The number of ether oxygens (including phenoxy) is 1. The molecule has 21 heavy (non-hydrogen) atoms. The molecule has 3 rings (SSSR count). The molecule has 0 amide bonds. The van der Waals surface area contributed by atoms with Crippen molar-refractivity contribution in [3.05, 3.63) is 52.9 Å². The zero-order valence-corrected chi connectivity index (χ0v) is 12.3. The zero-order valence-electron chi connectivity index (χ0n) is 11.5. The molecule has 0 aliphatic heterocycles. The van der Waals surface area contributed by atoms with Crippen LogP contribution in [-0.2, 0) is 0 Å². The van der Waals surface area contributed by atoms with E-state index in [2.05, 4.69) is 9.97 Å². The number of halogens is 2. The van der Waals surface area contributed by atoms with Crippen molar-refractivity contribution < 1.29 is 9.13 Å². The molecule has 0 bridgehead atoms. The summed E-state index contributed by atoms with van der Waals surface area (Å²) in [4.78, 5) is 8.61. The van der Waals surface area contributed by atoms with Crippen LogP contribution in [0.4, 0.5) is 4.39 Å². The van der Waals surface area contributed by atoms with E-state index in [1.54, 1.807) is 19.2 Å². The Morgan fingerprint density at radius 2 is 1.86 bits per heavy atom. The van der Waals surface area contributed by atoms with Gasteiger partial charge >= 0.3 is 0 Å². The van der Waals surface area contributed by atoms with Crippen LogP contribution in [0, 0.1) is 12.7 Å². The third-order valence-corrected chi connectivity index (χ3v) is 3.59. The van der Waals surface area contributed by atoms with Gasteiger partial charge in [-0.05, 0) is 30.7 Å². The van der Waals surface area contributed by atoms with E-state index in [1.165, 1.54) is 6.07 Å². The molecule has 3 nitrogen and oxygen atoms in total. The molecule has 0 aliphatic carbocycles. The van der Waals surface area contributed by atoms with E-state index in [1.807, 2.05) is 25.1 Å². The molecule has 0 radical (unpaired) electrons. The lowest BCUT2D eigenvalue weighted by Gasteiger charge is -2.10. The van der Waals surface area contributed by atoms with Gasteiger partial charge in [-0.3, -0.25) is 0 Å². The molecule has 0 saturated carbocycles. The van der Waals surface area contributed by atoms with Crippen LogP contribution in [-0.4, -0.2) is 17.1 Å². The summed E-state index contributed by atoms with van der Waals surface area (Å²) < 4.78 is 19.3. The van der Waals surface area contributed by atoms with Gasteiger partial charge in [-0.15, -0.1) is 0 Å². The summed E-state index contributed by atoms with van der Waals surface area (Å²) in [6.45, 7) is 1.85. The summed E-state index contributed by atoms with van der Waals surface area (Å²) in [6.07, 6.45) is 0. The van der Waals surface area contributed by atoms with Gasteiger partial charge in [0.1, 0.15) is 22.2 Å². The van der Waals surface area contributed by atoms with Crippen molar-refractivity contribution in [3.8, 4) is 17.1 Å². The van der Waals surface area contributed by atoms with E-state index in [9.17, 15) is 4.39 Å². The average molecular weight is 303 g/mol. The molecule has 1 heterocycles. The van der Waals surface area contributed by atoms with Crippen molar-refractivity contribution >= 4 is 22.5 Å². The lowest BCUT2D eigenvalue weighted by molar-refractivity contribution is 0.416. The Balaban J connectivity index is 2.33. The first kappa shape index (κ1) is 13.8. The summed E-state index contributed by atoms with van der Waals surface area (Å²) in [5.74, 6) is 0.534. The SMILES string of the molecule is COc1ccccc1-c1nc(Cl)c2c(C)ccc(F)c2n1. The summed E-state index contributed by atoms with van der Waals surface area (Å²) >= 11 is 6.23. The van der Waals surface area contributed by atoms with Gasteiger partial charge in [0.2, 0.25) is 0 Å². The molecule has 3 aromatic rings. The predicted molar refractivity (Wildman–Crippen MR) is 81.2 cm³/mol. The average Bonchev–Trinajstić information content (AvgIpc) is 2.50. The molecule has 5 heteroatoms. The topological polar surface area (TPSA) is 35.0 Å². The van der Waals surface area contributed by atoms with Crippen molar-refractivity contribution in [2.45, 2.75) is 6.92 Å². The fraction of sp³-hybridized carbons (Fsp3) is 0.125. The molecule has 0 aliphatic rings. The van der Waals surface area contributed by atoms with Crippen LogP contribution in [0.5, 0.6) is 5.75 Å². The minimum absolute atomic E-state index is 0.218. The van der Waals surface area contributed by atoms with Crippen LogP contribution in [0.1, 0.15) is 5.56 Å². The van der Waals surface area contributed by atoms with E-state index in [0.29, 0.717) is 22.5 Å². The molecular formula is C16H12ClFN2O. The van der Waals surface area contributed by atoms with Crippen LogP contribution < -0.4 is 4.74 Å². The third-order valence-electron chi connectivity index (χ3n) is 3.31. The van der Waals surface area contributed by atoms with Crippen molar-refractivity contribution in [1.29, 1.82) is 0 Å². The Morgan fingerprint density at radius 3 is 2.62 bits per heavy atom. The van der Waals surface area contributed by atoms with E-state index in [0.717, 1.165) is 5.56 Å². The minimum atomic E-state index is -0.420. The van der Waals surface area contributed by atoms with E-state index < -0.39 is 5.82 Å². The molecule has 0 saturated heterocycles. The molecule has 1 aromatic heterocycles. The van der Waals surface area contributed by atoms with Gasteiger partial charge in [-0.25, -0.2) is 14.4 Å². The Kier molecular flexibility index (Phi) is 3.47. The second-order valence-corrected chi connectivity index (χ2v) is 4.98. The van der Waals surface area contributed by atoms with E-state index in [4.69, 9.17) is 16.3 Å². The first-order valence-electron chi connectivity index (χ1n) is 6.37. The number of benzene rings is 2. The fourth-order valence-corrected chi connectivity index (χ4v) is 2.58. The smallest absolute Gasteiger partial charge is 0.165 e. The Bertz CT molecular complexity index is 836. The van der Waals surface area contributed by atoms with Gasteiger partial charge in [0.25, 0.3) is 0 Å². The highest BCUT2D eigenvalue weighted by Gasteiger charge is 2.15. The summed E-state index contributed by atoms with van der Waals surface area (Å²) in [7, 11) is 1.56. The lowest BCUT2D eigenvalue weighted by atomic mass is 10.1. The van der Waals surface area contributed by atoms with Gasteiger partial charge in [0.05, 0.1) is 12.7 Å². The molecular weight excluding hydrogens is 291 g/mol. The number of methoxy groups -OCH3 is 1. The maximum atomic E-state index is 14.0. The largest absolute Gasteiger partial charge is 0.496 e. The second-order valence-electron chi connectivity index (χ2n) is 4.63. The number of aryl methyl sites for hydroxylation is 1. The minimum Gasteiger partial charge on any atom is -0.496 e. The number of rotatable bonds is 2.